The van der Waals surface area contributed by atoms with Crippen LogP contribution in [0.1, 0.15) is 45.2 Å². The van der Waals surface area contributed by atoms with Crippen LogP contribution in [0.4, 0.5) is 0 Å². The van der Waals surface area contributed by atoms with Gasteiger partial charge in [-0.15, -0.1) is 0 Å². The van der Waals surface area contributed by atoms with Gasteiger partial charge in [0.15, 0.2) is 5.96 Å². The zero-order valence-electron chi connectivity index (χ0n) is 15.4. The Hall–Kier alpha value is -1.11. The average molecular weight is 352 g/mol. The number of nitrogens with zero attached hydrogens (tertiary/aromatic N) is 3. The molecule has 0 bridgehead atoms. The molecule has 1 aromatic rings. The molecule has 0 aliphatic carbocycles. The van der Waals surface area contributed by atoms with Crippen molar-refractivity contribution >= 4 is 17.3 Å². The molecule has 2 rings (SSSR count). The van der Waals surface area contributed by atoms with Gasteiger partial charge in [0.2, 0.25) is 0 Å². The molecule has 0 amide bonds. The predicted octanol–water partition coefficient (Wildman–Crippen LogP) is 2.52. The van der Waals surface area contributed by atoms with E-state index in [2.05, 4.69) is 57.7 Å². The lowest BCUT2D eigenvalue weighted by atomic mass is 10.1. The third-order valence-electron chi connectivity index (χ3n) is 5.04. The summed E-state index contributed by atoms with van der Waals surface area (Å²) in [5.41, 5.74) is 7.47. The van der Waals surface area contributed by atoms with Crippen molar-refractivity contribution in [3.8, 4) is 0 Å². The second-order valence-electron chi connectivity index (χ2n) is 6.33. The van der Waals surface area contributed by atoms with E-state index >= 15 is 0 Å². The van der Waals surface area contributed by atoms with Crippen LogP contribution in [-0.2, 0) is 0 Å². The lowest BCUT2D eigenvalue weighted by molar-refractivity contribution is 0.224. The highest BCUT2D eigenvalue weighted by Gasteiger charge is 2.23. The molecule has 24 heavy (non-hydrogen) atoms. The highest BCUT2D eigenvalue weighted by Crippen LogP contribution is 2.23. The zero-order valence-corrected chi connectivity index (χ0v) is 16.2. The Kier molecular flexibility index (Phi) is 8.02. The van der Waals surface area contributed by atoms with E-state index in [0.29, 0.717) is 24.6 Å². The summed E-state index contributed by atoms with van der Waals surface area (Å²) in [6.45, 7) is 12.6. The van der Waals surface area contributed by atoms with Crippen molar-refractivity contribution in [2.24, 2.45) is 10.7 Å². The number of aliphatic imine (C=N–C) groups is 1. The fourth-order valence-corrected chi connectivity index (χ4v) is 4.27. The molecule has 1 fully saturated rings. The topological polar surface area (TPSA) is 56.9 Å². The average Bonchev–Trinajstić information content (AvgIpc) is 3.27. The number of likely N-dealkylation sites (tertiary alicyclic amines) is 1. The fourth-order valence-electron chi connectivity index (χ4n) is 3.57. The summed E-state index contributed by atoms with van der Waals surface area (Å²) >= 11 is 1.74. The lowest BCUT2D eigenvalue weighted by Crippen LogP contribution is -2.43. The first-order chi connectivity index (χ1) is 11.7. The van der Waals surface area contributed by atoms with Crippen molar-refractivity contribution in [3.63, 3.8) is 0 Å². The third kappa shape index (κ3) is 5.19. The minimum Gasteiger partial charge on any atom is -0.370 e. The molecular formula is C18H33N5S. The van der Waals surface area contributed by atoms with Gasteiger partial charge in [0, 0.05) is 12.6 Å². The number of hydrogen-bond donors (Lipinski definition) is 2. The van der Waals surface area contributed by atoms with Crippen LogP contribution in [0.25, 0.3) is 0 Å². The number of nitrogens with one attached hydrogen (secondary N) is 1. The minimum absolute atomic E-state index is 0.310. The van der Waals surface area contributed by atoms with E-state index in [1.807, 2.05) is 0 Å². The van der Waals surface area contributed by atoms with Crippen LogP contribution < -0.4 is 11.1 Å². The van der Waals surface area contributed by atoms with Crippen LogP contribution in [-0.4, -0.2) is 61.1 Å². The van der Waals surface area contributed by atoms with E-state index in [1.165, 1.54) is 24.9 Å². The van der Waals surface area contributed by atoms with Crippen molar-refractivity contribution in [2.45, 2.75) is 45.7 Å². The normalized spacial score (nSPS) is 20.7. The molecule has 0 radical (unpaired) electrons. The summed E-state index contributed by atoms with van der Waals surface area (Å²) in [4.78, 5) is 9.59. The van der Waals surface area contributed by atoms with Gasteiger partial charge >= 0.3 is 0 Å². The molecule has 1 aliphatic rings. The van der Waals surface area contributed by atoms with E-state index in [0.717, 1.165) is 26.2 Å². The van der Waals surface area contributed by atoms with Gasteiger partial charge in [-0.25, -0.2) is 0 Å². The highest BCUT2D eigenvalue weighted by atomic mass is 32.1. The van der Waals surface area contributed by atoms with Crippen molar-refractivity contribution in [3.05, 3.63) is 22.4 Å². The Morgan fingerprint density at radius 1 is 1.46 bits per heavy atom. The molecule has 136 valence electrons. The van der Waals surface area contributed by atoms with Crippen LogP contribution in [0.3, 0.4) is 0 Å². The first-order valence-corrected chi connectivity index (χ1v) is 10.2. The Morgan fingerprint density at radius 3 is 2.88 bits per heavy atom. The van der Waals surface area contributed by atoms with Gasteiger partial charge in [0.1, 0.15) is 0 Å². The summed E-state index contributed by atoms with van der Waals surface area (Å²) in [7, 11) is 0. The number of nitrogens with two attached hydrogens (primary N) is 1. The fraction of sp³-hybridized carbons (Fsp3) is 0.722. The molecule has 0 aromatic carbocycles. The van der Waals surface area contributed by atoms with Gasteiger partial charge in [0.25, 0.3) is 0 Å². The van der Waals surface area contributed by atoms with E-state index < -0.39 is 0 Å². The first-order valence-electron chi connectivity index (χ1n) is 9.23. The maximum absolute atomic E-state index is 6.13. The van der Waals surface area contributed by atoms with Crippen LogP contribution in [0.15, 0.2) is 21.8 Å². The number of rotatable bonds is 9. The van der Waals surface area contributed by atoms with E-state index in [4.69, 9.17) is 5.73 Å². The molecule has 2 atom stereocenters. The Balaban J connectivity index is 1.90. The molecule has 3 N–H and O–H groups in total. The lowest BCUT2D eigenvalue weighted by Gasteiger charge is -2.28. The monoisotopic (exact) mass is 351 g/mol. The van der Waals surface area contributed by atoms with Crippen molar-refractivity contribution < 1.29 is 0 Å². The summed E-state index contributed by atoms with van der Waals surface area (Å²) in [5, 5.41) is 7.69. The largest absolute Gasteiger partial charge is 0.370 e. The molecule has 6 heteroatoms. The Labute approximate surface area is 150 Å². The molecule has 2 heterocycles. The first kappa shape index (κ1) is 19.2. The van der Waals surface area contributed by atoms with E-state index in [1.54, 1.807) is 11.3 Å². The molecule has 0 saturated carbocycles. The molecule has 2 unspecified atom stereocenters. The standard InChI is InChI=1S/C18H33N5S/c1-4-22(5-2)17(15-9-11-24-14-15)13-21-18(19)20-12-16-8-7-10-23(16)6-3/h9,11,14,16-17H,4-8,10,12-13H2,1-3H3,(H3,19,20,21). The van der Waals surface area contributed by atoms with Crippen molar-refractivity contribution in [1.82, 2.24) is 15.1 Å². The Bertz CT molecular complexity index is 484. The number of guanidine groups is 1. The molecule has 0 spiro atoms. The second kappa shape index (κ2) is 10.0. The maximum atomic E-state index is 6.13. The third-order valence-corrected chi connectivity index (χ3v) is 5.74. The SMILES string of the molecule is CCN1CCCC1CNC(N)=NCC(c1ccsc1)N(CC)CC. The smallest absolute Gasteiger partial charge is 0.188 e. The van der Waals surface area contributed by atoms with E-state index in [-0.39, 0.29) is 0 Å². The zero-order chi connectivity index (χ0) is 17.4. The summed E-state index contributed by atoms with van der Waals surface area (Å²) in [6, 6.07) is 3.11. The number of thiophene rings is 1. The van der Waals surface area contributed by atoms with Crippen LogP contribution >= 0.6 is 11.3 Å². The summed E-state index contributed by atoms with van der Waals surface area (Å²) in [5.74, 6) is 0.574. The van der Waals surface area contributed by atoms with Gasteiger partial charge in [-0.1, -0.05) is 20.8 Å². The second-order valence-corrected chi connectivity index (χ2v) is 7.11. The quantitative estimate of drug-likeness (QED) is 0.530. The molecule has 1 aromatic heterocycles. The van der Waals surface area contributed by atoms with Crippen LogP contribution in [0.5, 0.6) is 0 Å². The molecule has 1 aliphatic heterocycles. The van der Waals surface area contributed by atoms with Crippen molar-refractivity contribution in [1.29, 1.82) is 0 Å². The molecule has 5 nitrogen and oxygen atoms in total. The van der Waals surface area contributed by atoms with E-state index in [9.17, 15) is 0 Å². The predicted molar refractivity (Wildman–Crippen MR) is 105 cm³/mol. The van der Waals surface area contributed by atoms with Crippen LogP contribution in [0, 0.1) is 0 Å². The number of hydrogen-bond acceptors (Lipinski definition) is 4. The Morgan fingerprint density at radius 2 is 2.25 bits per heavy atom. The summed E-state index contributed by atoms with van der Waals surface area (Å²) < 4.78 is 0. The minimum atomic E-state index is 0.310. The number of likely N-dealkylation sites (N-methyl/N-ethyl adjacent to an activating group) is 2. The van der Waals surface area contributed by atoms with Crippen LogP contribution in [0.2, 0.25) is 0 Å². The van der Waals surface area contributed by atoms with Gasteiger partial charge in [-0.2, -0.15) is 11.3 Å². The molecule has 1 saturated heterocycles. The summed E-state index contributed by atoms with van der Waals surface area (Å²) in [6.07, 6.45) is 2.55. The van der Waals surface area contributed by atoms with Gasteiger partial charge in [0.05, 0.1) is 12.6 Å². The van der Waals surface area contributed by atoms with Crippen molar-refractivity contribution in [2.75, 3.05) is 39.3 Å². The van der Waals surface area contributed by atoms with Gasteiger partial charge in [-0.05, 0) is 61.4 Å². The van der Waals surface area contributed by atoms with Gasteiger partial charge < -0.3 is 11.1 Å². The maximum Gasteiger partial charge on any atom is 0.188 e. The highest BCUT2D eigenvalue weighted by molar-refractivity contribution is 7.07. The van der Waals surface area contributed by atoms with Gasteiger partial charge in [-0.3, -0.25) is 14.8 Å². The molecular weight excluding hydrogens is 318 g/mol.